The van der Waals surface area contributed by atoms with Crippen LogP contribution in [0.2, 0.25) is 0 Å². The van der Waals surface area contributed by atoms with E-state index < -0.39 is 40.9 Å². The molecule has 0 spiro atoms. The summed E-state index contributed by atoms with van der Waals surface area (Å²) < 4.78 is 75.1. The second-order valence-electron chi connectivity index (χ2n) is 3.28. The lowest BCUT2D eigenvalue weighted by Gasteiger charge is -2.13. The Hall–Kier alpha value is -1.53. The molecule has 1 aromatic rings. The first-order valence-electron chi connectivity index (χ1n) is 4.34. The van der Waals surface area contributed by atoms with E-state index in [0.29, 0.717) is 0 Å². The third kappa shape index (κ3) is 2.78. The van der Waals surface area contributed by atoms with E-state index in [9.17, 15) is 31.1 Å². The van der Waals surface area contributed by atoms with E-state index >= 15 is 0 Å². The first-order valence-corrected chi connectivity index (χ1v) is 4.34. The largest absolute Gasteiger partial charge is 0.417 e. The molecule has 0 aliphatic rings. The highest BCUT2D eigenvalue weighted by atomic mass is 19.4. The summed E-state index contributed by atoms with van der Waals surface area (Å²) in [6.07, 6.45) is -8.31. The van der Waals surface area contributed by atoms with E-state index in [1.165, 1.54) is 0 Å². The summed E-state index contributed by atoms with van der Waals surface area (Å²) in [5, 5.41) is 0. The summed E-state index contributed by atoms with van der Waals surface area (Å²) >= 11 is 0. The molecule has 0 heterocycles. The molecular formula is C10H6F6O. The van der Waals surface area contributed by atoms with Gasteiger partial charge in [-0.25, -0.2) is 13.2 Å². The molecule has 1 aromatic carbocycles. The maximum absolute atomic E-state index is 13.2. The topological polar surface area (TPSA) is 17.1 Å². The average Bonchev–Trinajstić information content (AvgIpc) is 2.14. The van der Waals surface area contributed by atoms with Gasteiger partial charge >= 0.3 is 6.18 Å². The van der Waals surface area contributed by atoms with E-state index in [1.807, 2.05) is 0 Å². The molecule has 0 radical (unpaired) electrons. The van der Waals surface area contributed by atoms with Gasteiger partial charge in [-0.3, -0.25) is 4.79 Å². The number of carbonyl (C=O) groups is 1. The van der Waals surface area contributed by atoms with Crippen molar-refractivity contribution < 1.29 is 31.1 Å². The molecule has 0 saturated carbocycles. The normalized spacial score (nSPS) is 12.0. The van der Waals surface area contributed by atoms with Gasteiger partial charge in [0, 0.05) is 5.56 Å². The second-order valence-corrected chi connectivity index (χ2v) is 3.28. The molecule has 17 heavy (non-hydrogen) atoms. The number of benzene rings is 1. The molecule has 0 unspecified atom stereocenters. The number of hydrogen-bond acceptors (Lipinski definition) is 1. The molecule has 0 fully saturated rings. The van der Waals surface area contributed by atoms with Crippen LogP contribution in [0.4, 0.5) is 26.3 Å². The van der Waals surface area contributed by atoms with Gasteiger partial charge in [0.2, 0.25) is 0 Å². The van der Waals surface area contributed by atoms with Crippen LogP contribution in [0.15, 0.2) is 12.1 Å². The quantitative estimate of drug-likeness (QED) is 0.577. The van der Waals surface area contributed by atoms with E-state index in [2.05, 4.69) is 0 Å². The van der Waals surface area contributed by atoms with Gasteiger partial charge in [0.25, 0.3) is 6.43 Å². The van der Waals surface area contributed by atoms with Crippen molar-refractivity contribution in [2.24, 2.45) is 0 Å². The Balaban J connectivity index is 3.57. The molecule has 1 rings (SSSR count). The van der Waals surface area contributed by atoms with Gasteiger partial charge in [0.05, 0.1) is 11.1 Å². The number of halogens is 6. The first kappa shape index (κ1) is 13.5. The Morgan fingerprint density at radius 1 is 1.24 bits per heavy atom. The zero-order valence-electron chi connectivity index (χ0n) is 8.41. The number of ketones is 1. The van der Waals surface area contributed by atoms with Crippen molar-refractivity contribution >= 4 is 5.78 Å². The number of rotatable bonds is 2. The summed E-state index contributed by atoms with van der Waals surface area (Å²) in [6, 6.07) is 0.321. The van der Waals surface area contributed by atoms with Crippen molar-refractivity contribution in [2.75, 3.05) is 0 Å². The van der Waals surface area contributed by atoms with E-state index in [1.54, 1.807) is 0 Å². The second kappa shape index (κ2) is 4.38. The highest BCUT2D eigenvalue weighted by molar-refractivity contribution is 5.96. The zero-order valence-corrected chi connectivity index (χ0v) is 8.41. The average molecular weight is 256 g/mol. The Labute approximate surface area is 92.0 Å². The van der Waals surface area contributed by atoms with Gasteiger partial charge in [-0.1, -0.05) is 0 Å². The third-order valence-electron chi connectivity index (χ3n) is 2.02. The van der Waals surface area contributed by atoms with Gasteiger partial charge in [0.15, 0.2) is 5.78 Å². The molecule has 0 bridgehead atoms. The summed E-state index contributed by atoms with van der Waals surface area (Å²) in [4.78, 5) is 10.9. The SMILES string of the molecule is CC(=O)c1c(F)cc(C(F)F)cc1C(F)(F)F. The van der Waals surface area contributed by atoms with Crippen molar-refractivity contribution in [3.05, 3.63) is 34.6 Å². The Bertz CT molecular complexity index is 449. The molecule has 0 N–H and O–H groups in total. The molecule has 94 valence electrons. The van der Waals surface area contributed by atoms with Crippen LogP contribution in [-0.2, 0) is 6.18 Å². The van der Waals surface area contributed by atoms with Crippen molar-refractivity contribution in [3.8, 4) is 0 Å². The van der Waals surface area contributed by atoms with Crippen LogP contribution in [0.5, 0.6) is 0 Å². The van der Waals surface area contributed by atoms with Crippen molar-refractivity contribution in [1.29, 1.82) is 0 Å². The summed E-state index contributed by atoms with van der Waals surface area (Å²) in [6.45, 7) is 0.732. The highest BCUT2D eigenvalue weighted by Gasteiger charge is 2.37. The third-order valence-corrected chi connectivity index (χ3v) is 2.02. The Kier molecular flexibility index (Phi) is 3.49. The highest BCUT2D eigenvalue weighted by Crippen LogP contribution is 2.36. The predicted octanol–water partition coefficient (Wildman–Crippen LogP) is 3.98. The van der Waals surface area contributed by atoms with Crippen LogP contribution in [0, 0.1) is 5.82 Å². The zero-order chi connectivity index (χ0) is 13.4. The van der Waals surface area contributed by atoms with E-state index in [4.69, 9.17) is 0 Å². The maximum atomic E-state index is 13.2. The minimum absolute atomic E-state index is 0.0878. The van der Waals surface area contributed by atoms with Gasteiger partial charge in [-0.15, -0.1) is 0 Å². The summed E-state index contributed by atoms with van der Waals surface area (Å²) in [7, 11) is 0. The van der Waals surface area contributed by atoms with Crippen LogP contribution >= 0.6 is 0 Å². The smallest absolute Gasteiger partial charge is 0.294 e. The van der Waals surface area contributed by atoms with Crippen LogP contribution in [0.3, 0.4) is 0 Å². The lowest BCUT2D eigenvalue weighted by atomic mass is 10.00. The molecule has 0 aliphatic carbocycles. The standard InChI is InChI=1S/C10H6F6O/c1-4(17)8-6(10(14,15)16)2-5(9(12)13)3-7(8)11/h2-3,9H,1H3. The maximum Gasteiger partial charge on any atom is 0.417 e. The van der Waals surface area contributed by atoms with Gasteiger partial charge in [0.1, 0.15) is 5.82 Å². The molecule has 0 aromatic heterocycles. The molecule has 0 saturated heterocycles. The fourth-order valence-corrected chi connectivity index (χ4v) is 1.34. The summed E-state index contributed by atoms with van der Waals surface area (Å²) in [5.74, 6) is -2.77. The lowest BCUT2D eigenvalue weighted by molar-refractivity contribution is -0.138. The number of alkyl halides is 5. The Morgan fingerprint density at radius 3 is 2.12 bits per heavy atom. The van der Waals surface area contributed by atoms with Crippen LogP contribution in [-0.4, -0.2) is 5.78 Å². The lowest BCUT2D eigenvalue weighted by Crippen LogP contribution is -2.14. The van der Waals surface area contributed by atoms with Crippen molar-refractivity contribution in [2.45, 2.75) is 19.5 Å². The van der Waals surface area contributed by atoms with E-state index in [0.717, 1.165) is 6.92 Å². The van der Waals surface area contributed by atoms with Crippen LogP contribution < -0.4 is 0 Å². The molecular weight excluding hydrogens is 250 g/mol. The Morgan fingerprint density at radius 2 is 1.76 bits per heavy atom. The van der Waals surface area contributed by atoms with Gasteiger partial charge < -0.3 is 0 Å². The number of Topliss-reactive ketones (excluding diaryl/α,β-unsaturated/α-hetero) is 1. The molecule has 7 heteroatoms. The minimum atomic E-state index is -5.06. The number of hydrogen-bond donors (Lipinski definition) is 0. The first-order chi connectivity index (χ1) is 7.64. The molecule has 0 atom stereocenters. The van der Waals surface area contributed by atoms with Crippen molar-refractivity contribution in [1.82, 2.24) is 0 Å². The van der Waals surface area contributed by atoms with Crippen molar-refractivity contribution in [3.63, 3.8) is 0 Å². The monoisotopic (exact) mass is 256 g/mol. The minimum Gasteiger partial charge on any atom is -0.294 e. The molecule has 0 aliphatic heterocycles. The summed E-state index contributed by atoms with van der Waals surface area (Å²) in [5.41, 5.74) is -4.01. The molecule has 0 amide bonds. The fourth-order valence-electron chi connectivity index (χ4n) is 1.34. The van der Waals surface area contributed by atoms with E-state index in [-0.39, 0.29) is 12.1 Å². The predicted molar refractivity (Wildman–Crippen MR) is 46.4 cm³/mol. The van der Waals surface area contributed by atoms with Gasteiger partial charge in [-0.05, 0) is 19.1 Å². The van der Waals surface area contributed by atoms with Crippen LogP contribution in [0.25, 0.3) is 0 Å². The van der Waals surface area contributed by atoms with Gasteiger partial charge in [-0.2, -0.15) is 13.2 Å². The number of carbonyl (C=O) groups excluding carboxylic acids is 1. The molecule has 1 nitrogen and oxygen atoms in total. The van der Waals surface area contributed by atoms with Crippen LogP contribution in [0.1, 0.15) is 34.8 Å². The fraction of sp³-hybridized carbons (Fsp3) is 0.300.